The van der Waals surface area contributed by atoms with E-state index in [1.807, 2.05) is 32.0 Å². The quantitative estimate of drug-likeness (QED) is 0.410. The third kappa shape index (κ3) is 5.86. The number of aromatic nitrogens is 2. The minimum Gasteiger partial charge on any atom is -0.490 e. The van der Waals surface area contributed by atoms with E-state index in [0.29, 0.717) is 35.5 Å². The van der Waals surface area contributed by atoms with Gasteiger partial charge in [-0.25, -0.2) is 8.42 Å². The smallest absolute Gasteiger partial charge is 0.261 e. The molecule has 1 atom stereocenters. The molecule has 1 unspecified atom stereocenters. The number of nitriles is 1. The highest BCUT2D eigenvalue weighted by Gasteiger charge is 2.27. The van der Waals surface area contributed by atoms with E-state index in [4.69, 9.17) is 9.26 Å². The van der Waals surface area contributed by atoms with Gasteiger partial charge in [0.1, 0.15) is 17.6 Å². The van der Waals surface area contributed by atoms with E-state index in [1.165, 1.54) is 25.2 Å². The maximum Gasteiger partial charge on any atom is 0.261 e. The van der Waals surface area contributed by atoms with Crippen LogP contribution in [0.2, 0.25) is 0 Å². The molecule has 4 rings (SSSR count). The first-order valence-corrected chi connectivity index (χ1v) is 13.3. The fourth-order valence-corrected chi connectivity index (χ4v) is 5.07. The molecule has 0 fully saturated rings. The van der Waals surface area contributed by atoms with Gasteiger partial charge in [0.05, 0.1) is 11.7 Å². The van der Waals surface area contributed by atoms with Gasteiger partial charge < -0.3 is 14.2 Å². The molecule has 1 amide bonds. The van der Waals surface area contributed by atoms with Gasteiger partial charge in [-0.1, -0.05) is 23.4 Å². The standard InChI is InChI=1S/C26H27N5O5S/c1-16(2)35-23-11-9-17(12-19(23)13-27)26-29-25(30-36-26)22-7-5-6-20-18(8-10-21(20)22)14-28-37(33,34)15-24(32)31(3)4/h5-7,9,11-12,14,16,18H,8,10,15H2,1-4H3. The monoisotopic (exact) mass is 521 g/mol. The van der Waals surface area contributed by atoms with E-state index in [1.54, 1.807) is 18.2 Å². The third-order valence-electron chi connectivity index (χ3n) is 5.90. The van der Waals surface area contributed by atoms with Gasteiger partial charge in [-0.2, -0.15) is 14.6 Å². The summed E-state index contributed by atoms with van der Waals surface area (Å²) in [5.74, 6) is -0.245. The Morgan fingerprint density at radius 1 is 1.32 bits per heavy atom. The Morgan fingerprint density at radius 3 is 2.81 bits per heavy atom. The molecule has 11 heteroatoms. The zero-order valence-corrected chi connectivity index (χ0v) is 21.8. The number of hydrogen-bond donors (Lipinski definition) is 0. The molecular weight excluding hydrogens is 494 g/mol. The SMILES string of the molecule is CC(C)Oc1ccc(-c2nc(-c3cccc4c3CCC4C=NS(=O)(=O)CC(=O)N(C)C)no2)cc1C#N. The van der Waals surface area contributed by atoms with Crippen LogP contribution >= 0.6 is 0 Å². The Morgan fingerprint density at radius 2 is 2.11 bits per heavy atom. The lowest BCUT2D eigenvalue weighted by molar-refractivity contribution is -0.125. The number of sulfonamides is 1. The van der Waals surface area contributed by atoms with Crippen LogP contribution in [0, 0.1) is 11.3 Å². The van der Waals surface area contributed by atoms with Gasteiger partial charge >= 0.3 is 0 Å². The van der Waals surface area contributed by atoms with E-state index in [-0.39, 0.29) is 17.9 Å². The molecule has 0 N–H and O–H groups in total. The Labute approximate surface area is 215 Å². The van der Waals surface area contributed by atoms with Crippen molar-refractivity contribution >= 4 is 22.1 Å². The number of nitrogens with zero attached hydrogens (tertiary/aromatic N) is 5. The molecule has 0 spiro atoms. The molecule has 1 aliphatic carbocycles. The first kappa shape index (κ1) is 26.0. The van der Waals surface area contributed by atoms with Crippen molar-refractivity contribution in [1.29, 1.82) is 5.26 Å². The highest BCUT2D eigenvalue weighted by Crippen LogP contribution is 2.38. The van der Waals surface area contributed by atoms with Crippen molar-refractivity contribution in [3.63, 3.8) is 0 Å². The molecule has 1 heterocycles. The highest BCUT2D eigenvalue weighted by molar-refractivity contribution is 7.90. The van der Waals surface area contributed by atoms with Gasteiger partial charge in [0.2, 0.25) is 11.7 Å². The molecule has 37 heavy (non-hydrogen) atoms. The van der Waals surface area contributed by atoms with Crippen molar-refractivity contribution in [2.75, 3.05) is 19.8 Å². The van der Waals surface area contributed by atoms with Crippen molar-refractivity contribution in [3.05, 3.63) is 53.1 Å². The maximum absolute atomic E-state index is 12.3. The van der Waals surface area contributed by atoms with Crippen LogP contribution in [-0.4, -0.2) is 61.5 Å². The lowest BCUT2D eigenvalue weighted by atomic mass is 9.99. The van der Waals surface area contributed by atoms with Gasteiger partial charge in [-0.15, -0.1) is 0 Å². The zero-order chi connectivity index (χ0) is 26.7. The second-order valence-electron chi connectivity index (χ2n) is 9.20. The molecular formula is C26H27N5O5S. The number of benzene rings is 2. The summed E-state index contributed by atoms with van der Waals surface area (Å²) in [5, 5.41) is 13.7. The Balaban J connectivity index is 1.58. The minimum absolute atomic E-state index is 0.0670. The van der Waals surface area contributed by atoms with Crippen LogP contribution < -0.4 is 4.74 Å². The molecule has 10 nitrogen and oxygen atoms in total. The number of ether oxygens (including phenoxy) is 1. The van der Waals surface area contributed by atoms with Gasteiger partial charge in [0.25, 0.3) is 15.9 Å². The first-order chi connectivity index (χ1) is 17.6. The Bertz CT molecular complexity index is 1500. The molecule has 0 saturated carbocycles. The largest absolute Gasteiger partial charge is 0.490 e. The summed E-state index contributed by atoms with van der Waals surface area (Å²) < 4.78 is 39.5. The summed E-state index contributed by atoms with van der Waals surface area (Å²) in [6.45, 7) is 3.78. The Kier molecular flexibility index (Phi) is 7.40. The van der Waals surface area contributed by atoms with E-state index in [0.717, 1.165) is 16.7 Å². The lowest BCUT2D eigenvalue weighted by Crippen LogP contribution is -2.28. The number of carbonyl (C=O) groups is 1. The van der Waals surface area contributed by atoms with E-state index in [2.05, 4.69) is 20.6 Å². The molecule has 1 aliphatic rings. The summed E-state index contributed by atoms with van der Waals surface area (Å²) in [4.78, 5) is 17.6. The van der Waals surface area contributed by atoms with E-state index >= 15 is 0 Å². The van der Waals surface area contributed by atoms with Crippen LogP contribution in [0.3, 0.4) is 0 Å². The predicted octanol–water partition coefficient (Wildman–Crippen LogP) is 3.58. The number of hydrogen-bond acceptors (Lipinski definition) is 8. The van der Waals surface area contributed by atoms with Crippen molar-refractivity contribution in [2.24, 2.45) is 4.40 Å². The molecule has 0 saturated heterocycles. The number of amides is 1. The van der Waals surface area contributed by atoms with Crippen molar-refractivity contribution in [2.45, 2.75) is 38.7 Å². The molecule has 0 aliphatic heterocycles. The second kappa shape index (κ2) is 10.5. The third-order valence-corrected chi connectivity index (χ3v) is 6.95. The van der Waals surface area contributed by atoms with Gasteiger partial charge in [-0.05, 0) is 56.0 Å². The second-order valence-corrected chi connectivity index (χ2v) is 10.9. The molecule has 0 radical (unpaired) electrons. The summed E-state index contributed by atoms with van der Waals surface area (Å²) in [5.41, 5.74) is 3.68. The van der Waals surface area contributed by atoms with E-state index in [9.17, 15) is 18.5 Å². The molecule has 0 bridgehead atoms. The number of rotatable bonds is 8. The number of fused-ring (bicyclic) bond motifs is 1. The van der Waals surface area contributed by atoms with Crippen LogP contribution in [-0.2, 0) is 21.2 Å². The molecule has 2 aromatic carbocycles. The average Bonchev–Trinajstić information content (AvgIpc) is 3.50. The van der Waals surface area contributed by atoms with Crippen molar-refractivity contribution < 1.29 is 22.5 Å². The predicted molar refractivity (Wildman–Crippen MR) is 138 cm³/mol. The summed E-state index contributed by atoms with van der Waals surface area (Å²) in [6.07, 6.45) is 2.69. The normalized spacial score (nSPS) is 15.1. The van der Waals surface area contributed by atoms with Gasteiger partial charge in [0, 0.05) is 37.4 Å². The average molecular weight is 522 g/mol. The minimum atomic E-state index is -3.91. The van der Waals surface area contributed by atoms with E-state index < -0.39 is 21.7 Å². The van der Waals surface area contributed by atoms with Gasteiger partial charge in [0.15, 0.2) is 0 Å². The first-order valence-electron chi connectivity index (χ1n) is 11.7. The van der Waals surface area contributed by atoms with Gasteiger partial charge in [-0.3, -0.25) is 4.79 Å². The maximum atomic E-state index is 12.3. The topological polar surface area (TPSA) is 139 Å². The van der Waals surface area contributed by atoms with Crippen LogP contribution in [0.5, 0.6) is 5.75 Å². The lowest BCUT2D eigenvalue weighted by Gasteiger charge is -2.11. The molecule has 3 aromatic rings. The molecule has 192 valence electrons. The summed E-state index contributed by atoms with van der Waals surface area (Å²) in [6, 6.07) is 12.9. The zero-order valence-electron chi connectivity index (χ0n) is 21.0. The van der Waals surface area contributed by atoms with Crippen LogP contribution in [0.4, 0.5) is 0 Å². The number of carbonyl (C=O) groups excluding carboxylic acids is 1. The summed E-state index contributed by atoms with van der Waals surface area (Å²) in [7, 11) is -0.918. The Hall–Kier alpha value is -4.04. The van der Waals surface area contributed by atoms with Crippen molar-refractivity contribution in [1.82, 2.24) is 15.0 Å². The highest BCUT2D eigenvalue weighted by atomic mass is 32.2. The fourth-order valence-electron chi connectivity index (χ4n) is 4.10. The van der Waals surface area contributed by atoms with Crippen LogP contribution in [0.15, 0.2) is 45.3 Å². The molecule has 1 aromatic heterocycles. The van der Waals surface area contributed by atoms with Crippen molar-refractivity contribution in [3.8, 4) is 34.7 Å². The van der Waals surface area contributed by atoms with Crippen LogP contribution in [0.25, 0.3) is 22.8 Å². The fraction of sp³-hybridized carbons (Fsp3) is 0.346. The van der Waals surface area contributed by atoms with Crippen LogP contribution in [0.1, 0.15) is 42.9 Å². The summed E-state index contributed by atoms with van der Waals surface area (Å²) >= 11 is 0.